The molecule has 3 aromatic rings. The first-order valence-electron chi connectivity index (χ1n) is 8.70. The van der Waals surface area contributed by atoms with Gasteiger partial charge in [-0.25, -0.2) is 4.79 Å². The summed E-state index contributed by atoms with van der Waals surface area (Å²) in [5.41, 5.74) is 1.65. The molecule has 27 heavy (non-hydrogen) atoms. The van der Waals surface area contributed by atoms with Crippen LogP contribution in [0.25, 0.3) is 10.8 Å². The Kier molecular flexibility index (Phi) is 6.09. The molecule has 1 N–H and O–H groups in total. The van der Waals surface area contributed by atoms with E-state index in [-0.39, 0.29) is 18.8 Å². The number of hydrogen-bond donors (Lipinski definition) is 1. The molecule has 1 unspecified atom stereocenters. The van der Waals surface area contributed by atoms with Gasteiger partial charge in [0, 0.05) is 11.4 Å². The van der Waals surface area contributed by atoms with E-state index in [4.69, 9.17) is 16.3 Å². The highest BCUT2D eigenvalue weighted by molar-refractivity contribution is 6.32. The van der Waals surface area contributed by atoms with E-state index in [0.29, 0.717) is 5.02 Å². The van der Waals surface area contributed by atoms with Crippen LogP contribution in [0.4, 0.5) is 4.79 Å². The van der Waals surface area contributed by atoms with E-state index in [1.165, 1.54) is 0 Å². The highest BCUT2D eigenvalue weighted by Crippen LogP contribution is 2.27. The molecule has 3 rings (SSSR count). The molecule has 0 radical (unpaired) electrons. The minimum atomic E-state index is -0.677. The van der Waals surface area contributed by atoms with Gasteiger partial charge in [0.25, 0.3) is 0 Å². The highest BCUT2D eigenvalue weighted by Gasteiger charge is 2.19. The van der Waals surface area contributed by atoms with Crippen LogP contribution in [0.2, 0.25) is 5.02 Å². The van der Waals surface area contributed by atoms with Crippen LogP contribution in [-0.2, 0) is 22.6 Å². The van der Waals surface area contributed by atoms with Crippen molar-refractivity contribution >= 4 is 34.2 Å². The van der Waals surface area contributed by atoms with Crippen molar-refractivity contribution in [3.63, 3.8) is 0 Å². The molecule has 1 amide bonds. The van der Waals surface area contributed by atoms with Gasteiger partial charge in [0.2, 0.25) is 0 Å². The molecule has 0 bridgehead atoms. The number of benzene rings is 3. The van der Waals surface area contributed by atoms with Crippen molar-refractivity contribution in [2.75, 3.05) is 0 Å². The fourth-order valence-electron chi connectivity index (χ4n) is 2.84. The summed E-state index contributed by atoms with van der Waals surface area (Å²) in [6, 6.07) is 20.2. The number of amides is 1. The van der Waals surface area contributed by atoms with Crippen LogP contribution in [-0.4, -0.2) is 17.9 Å². The average molecular weight is 382 g/mol. The second-order valence-electron chi connectivity index (χ2n) is 6.32. The Labute approximate surface area is 163 Å². The number of Topliss-reactive ketones (excluding diaryl/α,β-unsaturated/α-hetero) is 1. The number of carbonyl (C=O) groups is 2. The van der Waals surface area contributed by atoms with Crippen molar-refractivity contribution in [2.24, 2.45) is 0 Å². The largest absolute Gasteiger partial charge is 0.445 e. The van der Waals surface area contributed by atoms with Gasteiger partial charge in [-0.15, -0.1) is 0 Å². The zero-order valence-corrected chi connectivity index (χ0v) is 15.7. The first-order valence-corrected chi connectivity index (χ1v) is 9.08. The first-order chi connectivity index (χ1) is 13.0. The Bertz CT molecular complexity index is 956. The molecule has 3 aromatic carbocycles. The number of ether oxygens (including phenoxy) is 1. The van der Waals surface area contributed by atoms with Gasteiger partial charge in [0.1, 0.15) is 6.61 Å². The lowest BCUT2D eigenvalue weighted by Gasteiger charge is -2.15. The number of hydrogen-bond acceptors (Lipinski definition) is 3. The van der Waals surface area contributed by atoms with Crippen LogP contribution in [0.1, 0.15) is 18.1 Å². The van der Waals surface area contributed by atoms with E-state index < -0.39 is 12.1 Å². The standard InChI is InChI=1S/C22H20ClNO3/c1-15(24-22(26)27-14-16-7-3-2-4-8-16)21(25)13-19-18-10-6-5-9-17(18)11-12-20(19)23/h2-12,15H,13-14H2,1H3,(H,24,26). The molecule has 0 aliphatic rings. The van der Waals surface area contributed by atoms with E-state index in [1.807, 2.05) is 60.7 Å². The molecule has 5 heteroatoms. The molecule has 0 aromatic heterocycles. The van der Waals surface area contributed by atoms with Crippen LogP contribution in [0.15, 0.2) is 66.7 Å². The number of nitrogens with one attached hydrogen (secondary N) is 1. The van der Waals surface area contributed by atoms with Gasteiger partial charge in [-0.2, -0.15) is 0 Å². The van der Waals surface area contributed by atoms with Gasteiger partial charge in [-0.1, -0.05) is 72.3 Å². The van der Waals surface area contributed by atoms with E-state index >= 15 is 0 Å². The van der Waals surface area contributed by atoms with Crippen LogP contribution >= 0.6 is 11.6 Å². The number of fused-ring (bicyclic) bond motifs is 1. The smallest absolute Gasteiger partial charge is 0.408 e. The van der Waals surface area contributed by atoms with E-state index in [0.717, 1.165) is 21.9 Å². The summed E-state index contributed by atoms with van der Waals surface area (Å²) in [6.07, 6.45) is -0.482. The topological polar surface area (TPSA) is 55.4 Å². The molecule has 0 saturated carbocycles. The third-order valence-corrected chi connectivity index (χ3v) is 4.72. The minimum absolute atomic E-state index is 0.134. The van der Waals surface area contributed by atoms with E-state index in [1.54, 1.807) is 13.0 Å². The van der Waals surface area contributed by atoms with Gasteiger partial charge in [-0.3, -0.25) is 4.79 Å². The maximum Gasteiger partial charge on any atom is 0.408 e. The van der Waals surface area contributed by atoms with Crippen molar-refractivity contribution in [3.8, 4) is 0 Å². The maximum atomic E-state index is 12.6. The molecule has 0 spiro atoms. The lowest BCUT2D eigenvalue weighted by Crippen LogP contribution is -2.39. The summed E-state index contributed by atoms with van der Waals surface area (Å²) in [7, 11) is 0. The molecule has 1 atom stereocenters. The van der Waals surface area contributed by atoms with Gasteiger partial charge in [0.05, 0.1) is 6.04 Å². The molecule has 138 valence electrons. The molecular formula is C22H20ClNO3. The number of rotatable bonds is 6. The normalized spacial score (nSPS) is 11.8. The lowest BCUT2D eigenvalue weighted by atomic mass is 9.98. The maximum absolute atomic E-state index is 12.6. The van der Waals surface area contributed by atoms with Gasteiger partial charge in [0.15, 0.2) is 5.78 Å². The number of carbonyl (C=O) groups excluding carboxylic acids is 2. The van der Waals surface area contributed by atoms with Crippen molar-refractivity contribution < 1.29 is 14.3 Å². The average Bonchev–Trinajstić information content (AvgIpc) is 2.69. The zero-order chi connectivity index (χ0) is 19.2. The van der Waals surface area contributed by atoms with Gasteiger partial charge in [-0.05, 0) is 34.9 Å². The lowest BCUT2D eigenvalue weighted by molar-refractivity contribution is -0.119. The highest BCUT2D eigenvalue weighted by atomic mass is 35.5. The Morgan fingerprint density at radius 1 is 1.00 bits per heavy atom. The monoisotopic (exact) mass is 381 g/mol. The van der Waals surface area contributed by atoms with E-state index in [9.17, 15) is 9.59 Å². The van der Waals surface area contributed by atoms with Crippen molar-refractivity contribution in [1.82, 2.24) is 5.32 Å². The van der Waals surface area contributed by atoms with Gasteiger partial charge < -0.3 is 10.1 Å². The number of halogens is 1. The predicted octanol–water partition coefficient (Wildman–Crippen LogP) is 4.92. The molecule has 0 fully saturated rings. The zero-order valence-electron chi connectivity index (χ0n) is 14.9. The molecule has 0 aliphatic heterocycles. The summed E-state index contributed by atoms with van der Waals surface area (Å²) in [6.45, 7) is 1.80. The van der Waals surface area contributed by atoms with Crippen molar-refractivity contribution in [1.29, 1.82) is 0 Å². The van der Waals surface area contributed by atoms with Crippen LogP contribution in [0.5, 0.6) is 0 Å². The number of alkyl carbamates (subject to hydrolysis) is 1. The molecular weight excluding hydrogens is 362 g/mol. The molecule has 0 heterocycles. The minimum Gasteiger partial charge on any atom is -0.445 e. The van der Waals surface area contributed by atoms with Crippen LogP contribution < -0.4 is 5.32 Å². The fraction of sp³-hybridized carbons (Fsp3) is 0.182. The second-order valence-corrected chi connectivity index (χ2v) is 6.73. The third-order valence-electron chi connectivity index (χ3n) is 4.36. The van der Waals surface area contributed by atoms with Gasteiger partial charge >= 0.3 is 6.09 Å². The first kappa shape index (κ1) is 18.9. The SMILES string of the molecule is CC(NC(=O)OCc1ccccc1)C(=O)Cc1c(Cl)ccc2ccccc12. The summed E-state index contributed by atoms with van der Waals surface area (Å²) in [4.78, 5) is 24.5. The molecule has 0 aliphatic carbocycles. The summed E-state index contributed by atoms with van der Waals surface area (Å²) in [5, 5.41) is 5.09. The fourth-order valence-corrected chi connectivity index (χ4v) is 3.07. The quantitative estimate of drug-likeness (QED) is 0.659. The number of ketones is 1. The summed E-state index contributed by atoms with van der Waals surface area (Å²) in [5.74, 6) is -0.134. The Morgan fingerprint density at radius 2 is 1.70 bits per heavy atom. The van der Waals surface area contributed by atoms with Crippen molar-refractivity contribution in [2.45, 2.75) is 26.0 Å². The molecule has 0 saturated heterocycles. The molecule has 4 nitrogen and oxygen atoms in total. The predicted molar refractivity (Wildman–Crippen MR) is 107 cm³/mol. The Balaban J connectivity index is 1.61. The Morgan fingerprint density at radius 3 is 2.48 bits per heavy atom. The van der Waals surface area contributed by atoms with E-state index in [2.05, 4.69) is 5.32 Å². The van der Waals surface area contributed by atoms with Crippen molar-refractivity contribution in [3.05, 3.63) is 82.9 Å². The third kappa shape index (κ3) is 4.86. The summed E-state index contributed by atoms with van der Waals surface area (Å²) < 4.78 is 5.16. The van der Waals surface area contributed by atoms with Crippen LogP contribution in [0, 0.1) is 0 Å². The van der Waals surface area contributed by atoms with Crippen LogP contribution in [0.3, 0.4) is 0 Å². The second kappa shape index (κ2) is 8.69. The summed E-state index contributed by atoms with van der Waals surface area (Å²) >= 11 is 6.31. The Hall–Kier alpha value is -2.85.